The topological polar surface area (TPSA) is 347 Å². The van der Waals surface area contributed by atoms with Crippen LogP contribution in [-0.2, 0) is 38.2 Å². The summed E-state index contributed by atoms with van der Waals surface area (Å²) in [6.45, 7) is 18.5. The van der Waals surface area contributed by atoms with Crippen LogP contribution in [0.5, 0.6) is 28.9 Å². The van der Waals surface area contributed by atoms with Crippen LogP contribution in [0, 0.1) is 38.5 Å². The summed E-state index contributed by atoms with van der Waals surface area (Å²) in [4.78, 5) is 86.1. The van der Waals surface area contributed by atoms with Crippen molar-refractivity contribution in [2.75, 3.05) is 126 Å². The molecule has 3 saturated heterocycles. The lowest BCUT2D eigenvalue weighted by Gasteiger charge is -2.34. The summed E-state index contributed by atoms with van der Waals surface area (Å²) in [5, 5.41) is 15.7. The van der Waals surface area contributed by atoms with Gasteiger partial charge in [0, 0.05) is 174 Å². The number of aliphatic hydroxyl groups excluding tert-OH is 1. The monoisotopic (exact) mass is 1790 g/mol. The fourth-order valence-corrected chi connectivity index (χ4v) is 19.1. The Morgan fingerprint density at radius 3 is 1.48 bits per heavy atom. The number of pyridine rings is 1. The summed E-state index contributed by atoms with van der Waals surface area (Å²) in [7, 11) is 1.61. The van der Waals surface area contributed by atoms with Crippen LogP contribution in [0.15, 0.2) is 153 Å². The summed E-state index contributed by atoms with van der Waals surface area (Å²) in [6, 6.07) is 24.9. The van der Waals surface area contributed by atoms with E-state index >= 15 is 0 Å². The molecule has 31 heteroatoms. The van der Waals surface area contributed by atoms with Gasteiger partial charge in [-0.25, -0.2) is 44.9 Å². The van der Waals surface area contributed by atoms with E-state index in [4.69, 9.17) is 42.6 Å². The number of nitrogens with one attached hydrogen (secondary N) is 2. The van der Waals surface area contributed by atoms with Crippen molar-refractivity contribution in [3.63, 3.8) is 0 Å². The average molecular weight is 1790 g/mol. The predicted octanol–water partition coefficient (Wildman–Crippen LogP) is 15.0. The van der Waals surface area contributed by atoms with Gasteiger partial charge >= 0.3 is 0 Å². The van der Waals surface area contributed by atoms with Crippen LogP contribution in [-0.4, -0.2) is 228 Å². The molecule has 0 bridgehead atoms. The van der Waals surface area contributed by atoms with Crippen LogP contribution in [0.4, 0.5) is 22.9 Å². The molecule has 12 aromatic rings. The van der Waals surface area contributed by atoms with E-state index in [0.717, 1.165) is 324 Å². The zero-order valence-electron chi connectivity index (χ0n) is 76.5. The lowest BCUT2D eigenvalue weighted by atomic mass is 9.83. The maximum Gasteiger partial charge on any atom is 0.269 e. The molecular formula is C101H122N20O11. The van der Waals surface area contributed by atoms with Crippen LogP contribution in [0.2, 0.25) is 0 Å². The number of hydrogen-bond donors (Lipinski definition) is 3. The second-order valence-electron chi connectivity index (χ2n) is 35.4. The average Bonchev–Trinajstić information content (AvgIpc) is 0.800. The fourth-order valence-electron chi connectivity index (χ4n) is 19.1. The maximum atomic E-state index is 11.9. The van der Waals surface area contributed by atoms with E-state index in [0.29, 0.717) is 55.9 Å². The molecule has 4 aliphatic carbocycles. The number of carbonyl (C=O) groups is 1. The molecule has 20 rings (SSSR count). The van der Waals surface area contributed by atoms with Crippen molar-refractivity contribution in [2.24, 2.45) is 17.8 Å². The molecule has 8 aromatic heterocycles. The minimum absolute atomic E-state index is 0.0130. The SMILES string of the molecule is CCOc1cc(CC2CCC(Oc3cc(N4CCOCC4)cc4nccnc34)CC2)ccn1.CNC(=O)c1ccnc(CC2CCC(Oc3cc(C4=CCOCC4)cc4nccnc34)CC2)n1.Cc1cnc(CC2CCC(Oc3cc(N4CCOCC4)cc4nccnc34)CC2)c(C)n1.Cc1nccc(NC2CCC(Oc3cc(N4CCO[C@H](CO)C4)cc4nccnc34)CC2)n1. The van der Waals surface area contributed by atoms with E-state index < -0.39 is 0 Å². The van der Waals surface area contributed by atoms with Gasteiger partial charge in [-0.1, -0.05) is 6.08 Å². The number of ether oxygens (including phenoxy) is 9. The first kappa shape index (κ1) is 91.7. The molecule has 8 aliphatic rings. The Balaban J connectivity index is 0.000000123. The molecule has 4 aliphatic heterocycles. The largest absolute Gasteiger partial charge is 0.488 e. The fraction of sp³-hybridized carbons (Fsp3) is 0.485. The van der Waals surface area contributed by atoms with Gasteiger partial charge in [-0.3, -0.25) is 34.7 Å². The van der Waals surface area contributed by atoms with Gasteiger partial charge in [0.05, 0.1) is 129 Å². The smallest absolute Gasteiger partial charge is 0.269 e. The third-order valence-electron chi connectivity index (χ3n) is 26.2. The zero-order chi connectivity index (χ0) is 90.3. The highest BCUT2D eigenvalue weighted by molar-refractivity contribution is 5.92. The molecule has 4 saturated carbocycles. The maximum absolute atomic E-state index is 11.9. The van der Waals surface area contributed by atoms with Gasteiger partial charge in [0.25, 0.3) is 5.91 Å². The lowest BCUT2D eigenvalue weighted by molar-refractivity contribution is 0.00355. The summed E-state index contributed by atoms with van der Waals surface area (Å²) in [5.74, 6) is 7.97. The number of amides is 1. The highest BCUT2D eigenvalue weighted by Gasteiger charge is 2.32. The molecule has 692 valence electrons. The summed E-state index contributed by atoms with van der Waals surface area (Å²) < 4.78 is 53.8. The van der Waals surface area contributed by atoms with Crippen LogP contribution < -0.4 is 49.0 Å². The Morgan fingerprint density at radius 2 is 0.962 bits per heavy atom. The number of carbonyl (C=O) groups excluding carboxylic acids is 1. The molecule has 12 heterocycles. The number of aliphatic hydroxyl groups is 1. The molecule has 1 amide bonds. The van der Waals surface area contributed by atoms with E-state index in [1.54, 1.807) is 75.1 Å². The Morgan fingerprint density at radius 1 is 0.470 bits per heavy atom. The van der Waals surface area contributed by atoms with E-state index in [1.165, 1.54) is 11.1 Å². The zero-order valence-corrected chi connectivity index (χ0v) is 76.5. The van der Waals surface area contributed by atoms with Gasteiger partial charge in [0.2, 0.25) is 5.88 Å². The van der Waals surface area contributed by atoms with Crippen LogP contribution in [0.1, 0.15) is 166 Å². The lowest BCUT2D eigenvalue weighted by Crippen LogP contribution is -2.44. The van der Waals surface area contributed by atoms with Crippen molar-refractivity contribution < 1.29 is 52.5 Å². The second kappa shape index (κ2) is 45.3. The molecule has 0 unspecified atom stereocenters. The highest BCUT2D eigenvalue weighted by atomic mass is 16.5. The quantitative estimate of drug-likeness (QED) is 0.0506. The van der Waals surface area contributed by atoms with Crippen molar-refractivity contribution in [1.82, 2.24) is 80.1 Å². The second-order valence-corrected chi connectivity index (χ2v) is 35.4. The van der Waals surface area contributed by atoms with Gasteiger partial charge in [0.1, 0.15) is 68.2 Å². The summed E-state index contributed by atoms with van der Waals surface area (Å²) in [5.41, 5.74) is 17.3. The number of hydrogen-bond acceptors (Lipinski definition) is 30. The van der Waals surface area contributed by atoms with E-state index in [1.807, 2.05) is 45.3 Å². The Labute approximate surface area is 770 Å². The van der Waals surface area contributed by atoms with Gasteiger partial charge in [-0.15, -0.1) is 0 Å². The van der Waals surface area contributed by atoms with Crippen molar-refractivity contribution in [1.29, 1.82) is 0 Å². The van der Waals surface area contributed by atoms with E-state index in [2.05, 4.69) is 168 Å². The molecular weight excluding hydrogens is 1670 g/mol. The van der Waals surface area contributed by atoms with Gasteiger partial charge in [-0.2, -0.15) is 0 Å². The van der Waals surface area contributed by atoms with E-state index in [9.17, 15) is 9.90 Å². The first-order valence-corrected chi connectivity index (χ1v) is 47.3. The van der Waals surface area contributed by atoms with E-state index in [-0.39, 0.29) is 43.0 Å². The molecule has 4 aromatic carbocycles. The Kier molecular flexibility index (Phi) is 31.5. The standard InChI is InChI=1S/C26H29N5O3.C26H32N4O3.C25H31N5O2.C24H30N6O3/c1-27-26(32)21-6-9-29-24(31-21)14-17-2-4-20(5-3-17)34-23-16-19(18-7-12-33-13-8-18)15-22-25(23)30-11-10-28-22;1-2-32-25-16-20(7-8-28-25)15-19-3-5-22(6-4-19)33-24-18-21(30-11-13-31-14-12-30)17-23-26(24)29-10-9-27-23;1-17-16-28-22(18(2)29-17)13-19-3-5-21(6-4-19)32-24-15-20(30-9-11-31-12-10-30)14-23-25(24)27-8-7-26-23;1-16-25-7-6-23(28-16)29-17-2-4-19(5-3-17)33-22-13-18(12-21-24(22)27-9-8-26-21)30-10-11-32-20(14-30)15-31/h6-7,9-11,15-17,20H,2-5,8,12-14H2,1H3,(H,27,32);7-10,16-19,22H,2-6,11-15H2,1H3;7-8,14-16,19,21H,3-6,9-13H2,1-2H3;6-9,12-13,17,19-20,31H,2-5,10-11,14-15H2,1H3,(H,25,28,29)/t;;;17?,19?,20-/m...0/s1. The van der Waals surface area contributed by atoms with Crippen molar-refractivity contribution in [2.45, 2.75) is 193 Å². The van der Waals surface area contributed by atoms with Crippen molar-refractivity contribution in [3.05, 3.63) is 199 Å². The molecule has 31 nitrogen and oxygen atoms in total. The van der Waals surface area contributed by atoms with Gasteiger partial charge < -0.3 is 73.1 Å². The molecule has 0 spiro atoms. The number of aromatic nitrogens is 15. The highest BCUT2D eigenvalue weighted by Crippen LogP contribution is 2.41. The number of aryl methyl sites for hydroxylation is 3. The van der Waals surface area contributed by atoms with Crippen LogP contribution in [0.3, 0.4) is 0 Å². The third kappa shape index (κ3) is 24.6. The molecule has 1 atom stereocenters. The van der Waals surface area contributed by atoms with Gasteiger partial charge in [-0.05, 0) is 233 Å². The number of fused-ring (bicyclic) bond motifs is 4. The Bertz CT molecular complexity index is 5840. The van der Waals surface area contributed by atoms with Crippen LogP contribution >= 0.6 is 0 Å². The predicted molar refractivity (Wildman–Crippen MR) is 506 cm³/mol. The number of nitrogens with zero attached hydrogens (tertiary/aromatic N) is 18. The first-order valence-electron chi connectivity index (χ1n) is 47.3. The summed E-state index contributed by atoms with van der Waals surface area (Å²) >= 11 is 0. The third-order valence-corrected chi connectivity index (χ3v) is 26.2. The number of morpholine rings is 3. The van der Waals surface area contributed by atoms with Crippen molar-refractivity contribution in [3.8, 4) is 28.9 Å². The van der Waals surface area contributed by atoms with Crippen molar-refractivity contribution >= 4 is 78.5 Å². The molecule has 3 N–H and O–H groups in total. The minimum Gasteiger partial charge on any atom is -0.488 e. The van der Waals surface area contributed by atoms with Crippen LogP contribution in [0.25, 0.3) is 49.7 Å². The number of anilines is 4. The molecule has 132 heavy (non-hydrogen) atoms. The molecule has 0 radical (unpaired) electrons. The minimum atomic E-state index is -0.185. The number of benzene rings is 4. The normalized spacial score (nSPS) is 21.7. The summed E-state index contributed by atoms with van der Waals surface area (Å²) in [6.07, 6.45) is 44.1. The number of rotatable bonds is 24. The first-order chi connectivity index (χ1) is 64.8. The van der Waals surface area contributed by atoms with Gasteiger partial charge in [0.15, 0.2) is 0 Å². The Hall–Kier alpha value is -12.2. The molecule has 7 fully saturated rings.